The van der Waals surface area contributed by atoms with E-state index in [1.54, 1.807) is 6.92 Å². The van der Waals surface area contributed by atoms with E-state index in [9.17, 15) is 18.5 Å². The number of aromatic nitrogens is 1. The van der Waals surface area contributed by atoms with Gasteiger partial charge in [0.25, 0.3) is 5.69 Å². The van der Waals surface area contributed by atoms with Gasteiger partial charge in [0.2, 0.25) is 10.0 Å². The molecule has 0 aromatic carbocycles. The Bertz CT molecular complexity index is 530. The molecule has 0 aliphatic rings. The van der Waals surface area contributed by atoms with Crippen molar-refractivity contribution in [3.8, 4) is 0 Å². The highest BCUT2D eigenvalue weighted by Crippen LogP contribution is 2.23. The van der Waals surface area contributed by atoms with Crippen molar-refractivity contribution in [1.82, 2.24) is 4.98 Å². The standard InChI is InChI=1S/C8H11N3O4S2/c1-6-5-10-8(4-7(6)11(12)13)16-2-3-17(9,14)15/h4-5H,2-3H2,1H3,(H2,9,14,15). The number of nitrogens with zero attached hydrogens (tertiary/aromatic N) is 2. The summed E-state index contributed by atoms with van der Waals surface area (Å²) in [4.78, 5) is 14.1. The normalized spacial score (nSPS) is 11.4. The molecule has 0 saturated carbocycles. The van der Waals surface area contributed by atoms with Gasteiger partial charge >= 0.3 is 0 Å². The molecular weight excluding hydrogens is 266 g/mol. The van der Waals surface area contributed by atoms with Crippen LogP contribution in [0.4, 0.5) is 5.69 Å². The van der Waals surface area contributed by atoms with E-state index in [0.717, 1.165) is 11.8 Å². The number of pyridine rings is 1. The number of thioether (sulfide) groups is 1. The van der Waals surface area contributed by atoms with E-state index in [4.69, 9.17) is 5.14 Å². The fraction of sp³-hybridized carbons (Fsp3) is 0.375. The Kier molecular flexibility index (Phi) is 4.43. The molecule has 0 radical (unpaired) electrons. The monoisotopic (exact) mass is 277 g/mol. The second-order valence-electron chi connectivity index (χ2n) is 3.28. The zero-order valence-electron chi connectivity index (χ0n) is 8.99. The number of sulfonamides is 1. The van der Waals surface area contributed by atoms with E-state index in [1.807, 2.05) is 0 Å². The molecule has 17 heavy (non-hydrogen) atoms. The van der Waals surface area contributed by atoms with Crippen molar-refractivity contribution in [2.45, 2.75) is 11.9 Å². The van der Waals surface area contributed by atoms with Crippen molar-refractivity contribution in [1.29, 1.82) is 0 Å². The van der Waals surface area contributed by atoms with Crippen molar-refractivity contribution in [3.05, 3.63) is 27.9 Å². The predicted octanol–water partition coefficient (Wildman–Crippen LogP) is 0.679. The summed E-state index contributed by atoms with van der Waals surface area (Å²) in [5, 5.41) is 15.9. The van der Waals surface area contributed by atoms with Crippen LogP contribution in [0, 0.1) is 17.0 Å². The van der Waals surface area contributed by atoms with Gasteiger partial charge in [-0.3, -0.25) is 10.1 Å². The highest BCUT2D eigenvalue weighted by Gasteiger charge is 2.12. The fourth-order valence-corrected chi connectivity index (χ4v) is 2.83. The van der Waals surface area contributed by atoms with Gasteiger partial charge in [-0.2, -0.15) is 0 Å². The molecule has 1 aromatic rings. The summed E-state index contributed by atoms with van der Waals surface area (Å²) in [7, 11) is -3.51. The Morgan fingerprint density at radius 3 is 2.76 bits per heavy atom. The molecule has 0 aliphatic carbocycles. The van der Waals surface area contributed by atoms with Crippen LogP contribution >= 0.6 is 11.8 Å². The minimum atomic E-state index is -3.51. The van der Waals surface area contributed by atoms with Crippen LogP contribution in [0.3, 0.4) is 0 Å². The molecule has 1 heterocycles. The van der Waals surface area contributed by atoms with Crippen LogP contribution in [0.2, 0.25) is 0 Å². The van der Waals surface area contributed by atoms with Crippen LogP contribution in [-0.4, -0.2) is 29.8 Å². The second kappa shape index (κ2) is 5.43. The molecule has 1 aromatic heterocycles. The summed E-state index contributed by atoms with van der Waals surface area (Å²) in [6.07, 6.45) is 1.39. The van der Waals surface area contributed by atoms with Gasteiger partial charge in [0, 0.05) is 23.6 Å². The Balaban J connectivity index is 2.73. The van der Waals surface area contributed by atoms with Gasteiger partial charge in [-0.25, -0.2) is 18.5 Å². The highest BCUT2D eigenvalue weighted by atomic mass is 32.2. The minimum absolute atomic E-state index is 0.0295. The maximum absolute atomic E-state index is 10.7. The molecule has 0 unspecified atom stereocenters. The van der Waals surface area contributed by atoms with E-state index >= 15 is 0 Å². The molecule has 2 N–H and O–H groups in total. The van der Waals surface area contributed by atoms with Gasteiger partial charge in [-0.1, -0.05) is 0 Å². The SMILES string of the molecule is Cc1cnc(SCCS(N)(=O)=O)cc1[N+](=O)[O-]. The number of aryl methyl sites for hydroxylation is 1. The molecule has 7 nitrogen and oxygen atoms in total. The Morgan fingerprint density at radius 2 is 2.24 bits per heavy atom. The smallest absolute Gasteiger partial charge is 0.258 e. The molecule has 0 spiro atoms. The van der Waals surface area contributed by atoms with Gasteiger partial charge in [0.15, 0.2) is 0 Å². The summed E-state index contributed by atoms with van der Waals surface area (Å²) >= 11 is 1.11. The third kappa shape index (κ3) is 4.67. The third-order valence-corrected chi connectivity index (χ3v) is 3.82. The average molecular weight is 277 g/mol. The topological polar surface area (TPSA) is 116 Å². The lowest BCUT2D eigenvalue weighted by Crippen LogP contribution is -2.17. The summed E-state index contributed by atoms with van der Waals surface area (Å²) in [5.41, 5.74) is 0.434. The molecule has 94 valence electrons. The lowest BCUT2D eigenvalue weighted by atomic mass is 10.3. The van der Waals surface area contributed by atoms with Crippen molar-refractivity contribution in [3.63, 3.8) is 0 Å². The first kappa shape index (κ1) is 13.9. The van der Waals surface area contributed by atoms with Gasteiger partial charge < -0.3 is 0 Å². The third-order valence-electron chi connectivity index (χ3n) is 1.86. The largest absolute Gasteiger partial charge is 0.276 e. The Hall–Kier alpha value is -1.19. The maximum Gasteiger partial charge on any atom is 0.276 e. The number of hydrogen-bond acceptors (Lipinski definition) is 6. The molecule has 0 atom stereocenters. The van der Waals surface area contributed by atoms with Crippen LogP contribution in [0.5, 0.6) is 0 Å². The van der Waals surface area contributed by atoms with E-state index in [-0.39, 0.29) is 17.2 Å². The second-order valence-corrected chi connectivity index (χ2v) is 6.13. The fourth-order valence-electron chi connectivity index (χ4n) is 1.03. The van der Waals surface area contributed by atoms with Gasteiger partial charge in [0.1, 0.15) is 5.03 Å². The maximum atomic E-state index is 10.7. The molecule has 0 aliphatic heterocycles. The van der Waals surface area contributed by atoms with E-state index in [2.05, 4.69) is 4.98 Å². The Morgan fingerprint density at radius 1 is 1.59 bits per heavy atom. The zero-order chi connectivity index (χ0) is 13.1. The minimum Gasteiger partial charge on any atom is -0.258 e. The zero-order valence-corrected chi connectivity index (χ0v) is 10.6. The lowest BCUT2D eigenvalue weighted by Gasteiger charge is -2.01. The number of nitro groups is 1. The molecule has 9 heteroatoms. The predicted molar refractivity (Wildman–Crippen MR) is 64.3 cm³/mol. The van der Waals surface area contributed by atoms with Crippen LogP contribution < -0.4 is 5.14 Å². The average Bonchev–Trinajstić information content (AvgIpc) is 2.18. The lowest BCUT2D eigenvalue weighted by molar-refractivity contribution is -0.385. The number of hydrogen-bond donors (Lipinski definition) is 1. The van der Waals surface area contributed by atoms with Gasteiger partial charge in [0.05, 0.1) is 10.7 Å². The van der Waals surface area contributed by atoms with E-state index in [0.29, 0.717) is 10.6 Å². The summed E-state index contributed by atoms with van der Waals surface area (Å²) in [6, 6.07) is 1.32. The molecule has 0 saturated heterocycles. The Labute approximate surface area is 103 Å². The van der Waals surface area contributed by atoms with E-state index < -0.39 is 14.9 Å². The number of rotatable bonds is 5. The first-order valence-electron chi connectivity index (χ1n) is 4.54. The molecule has 1 rings (SSSR count). The summed E-state index contributed by atoms with van der Waals surface area (Å²) in [6.45, 7) is 1.59. The number of nitrogens with two attached hydrogens (primary N) is 1. The summed E-state index contributed by atoms with van der Waals surface area (Å²) < 4.78 is 21.4. The van der Waals surface area contributed by atoms with Crippen molar-refractivity contribution >= 4 is 27.5 Å². The van der Waals surface area contributed by atoms with Crippen LogP contribution in [0.25, 0.3) is 0 Å². The first-order chi connectivity index (χ1) is 7.79. The molecule has 0 amide bonds. The van der Waals surface area contributed by atoms with Gasteiger partial charge in [-0.15, -0.1) is 11.8 Å². The molecular formula is C8H11N3O4S2. The van der Waals surface area contributed by atoms with E-state index in [1.165, 1.54) is 12.3 Å². The van der Waals surface area contributed by atoms with Crippen LogP contribution in [-0.2, 0) is 10.0 Å². The van der Waals surface area contributed by atoms with Crippen LogP contribution in [0.15, 0.2) is 17.3 Å². The van der Waals surface area contributed by atoms with Crippen molar-refractivity contribution in [2.24, 2.45) is 5.14 Å². The molecule has 0 bridgehead atoms. The quantitative estimate of drug-likeness (QED) is 0.480. The first-order valence-corrected chi connectivity index (χ1v) is 7.24. The van der Waals surface area contributed by atoms with Crippen molar-refractivity contribution in [2.75, 3.05) is 11.5 Å². The molecule has 0 fully saturated rings. The summed E-state index contributed by atoms with van der Waals surface area (Å²) in [5.74, 6) is 0.0209. The highest BCUT2D eigenvalue weighted by molar-refractivity contribution is 8.00. The van der Waals surface area contributed by atoms with Crippen molar-refractivity contribution < 1.29 is 13.3 Å². The van der Waals surface area contributed by atoms with Crippen LogP contribution in [0.1, 0.15) is 5.56 Å². The van der Waals surface area contributed by atoms with Gasteiger partial charge in [-0.05, 0) is 6.92 Å². The number of primary sulfonamides is 1.